The average Bonchev–Trinajstić information content (AvgIpc) is 3.19. The standard InChI is InChI=1S/C25H26F3N3O4S/c1-15-20-22(33)30(14-8-16-5-2-3-6-18(16)26)25(35)31(11-4-7-19(27)28)24(20)36-21(15)23(34)29-12-9-17(32)10-13-29/h2-3,5-7,17,32H,4,8-14H2,1H3. The first-order valence-corrected chi connectivity index (χ1v) is 12.5. The van der Waals surface area contributed by atoms with Crippen molar-refractivity contribution in [2.75, 3.05) is 13.1 Å². The second-order valence-corrected chi connectivity index (χ2v) is 9.77. The Bertz CT molecular complexity index is 1430. The Balaban J connectivity index is 1.80. The highest BCUT2D eigenvalue weighted by molar-refractivity contribution is 7.20. The molecule has 7 nitrogen and oxygen atoms in total. The highest BCUT2D eigenvalue weighted by atomic mass is 32.1. The molecule has 1 aliphatic heterocycles. The number of fused-ring (bicyclic) bond motifs is 1. The number of hydrogen-bond acceptors (Lipinski definition) is 5. The second kappa shape index (κ2) is 10.8. The largest absolute Gasteiger partial charge is 0.393 e. The molecule has 1 aliphatic rings. The van der Waals surface area contributed by atoms with Gasteiger partial charge in [-0.15, -0.1) is 11.3 Å². The number of aryl methyl sites for hydroxylation is 3. The van der Waals surface area contributed by atoms with Gasteiger partial charge >= 0.3 is 5.69 Å². The number of aliphatic hydroxyl groups is 1. The van der Waals surface area contributed by atoms with Crippen LogP contribution in [0.1, 0.15) is 40.1 Å². The van der Waals surface area contributed by atoms with Crippen LogP contribution in [0.15, 0.2) is 46.0 Å². The normalized spacial score (nSPS) is 14.4. The van der Waals surface area contributed by atoms with Crippen molar-refractivity contribution in [1.82, 2.24) is 14.0 Å². The molecule has 1 N–H and O–H groups in total. The highest BCUT2D eigenvalue weighted by Crippen LogP contribution is 2.30. The zero-order chi connectivity index (χ0) is 26.0. The Morgan fingerprint density at radius 2 is 1.83 bits per heavy atom. The molecule has 2 aromatic heterocycles. The van der Waals surface area contributed by atoms with Gasteiger partial charge in [-0.05, 0) is 55.9 Å². The van der Waals surface area contributed by atoms with Gasteiger partial charge in [-0.3, -0.25) is 18.7 Å². The van der Waals surface area contributed by atoms with Gasteiger partial charge in [-0.2, -0.15) is 8.78 Å². The summed E-state index contributed by atoms with van der Waals surface area (Å²) in [6.45, 7) is 2.14. The van der Waals surface area contributed by atoms with Crippen LogP contribution in [-0.2, 0) is 19.5 Å². The molecule has 1 aromatic carbocycles. The molecule has 0 saturated carbocycles. The van der Waals surface area contributed by atoms with Crippen LogP contribution >= 0.6 is 11.3 Å². The summed E-state index contributed by atoms with van der Waals surface area (Å²) in [5.74, 6) is -0.756. The van der Waals surface area contributed by atoms with E-state index in [0.29, 0.717) is 48.0 Å². The first kappa shape index (κ1) is 25.9. The Kier molecular flexibility index (Phi) is 7.79. The van der Waals surface area contributed by atoms with E-state index in [2.05, 4.69) is 0 Å². The SMILES string of the molecule is Cc1c(C(=O)N2CCC(O)CC2)sc2c1c(=O)n(CCc1ccccc1F)c(=O)n2CCC=C(F)F. The molecule has 1 amide bonds. The van der Waals surface area contributed by atoms with Crippen molar-refractivity contribution in [3.05, 3.63) is 79.1 Å². The summed E-state index contributed by atoms with van der Waals surface area (Å²) in [6, 6.07) is 6.05. The van der Waals surface area contributed by atoms with E-state index in [1.165, 1.54) is 16.7 Å². The minimum absolute atomic E-state index is 0.0808. The van der Waals surface area contributed by atoms with Gasteiger partial charge in [0, 0.05) is 26.2 Å². The third-order valence-electron chi connectivity index (χ3n) is 6.45. The van der Waals surface area contributed by atoms with E-state index in [1.54, 1.807) is 24.0 Å². The predicted octanol–water partition coefficient (Wildman–Crippen LogP) is 3.68. The van der Waals surface area contributed by atoms with Crippen LogP contribution in [0, 0.1) is 12.7 Å². The molecule has 192 valence electrons. The number of nitrogens with zero attached hydrogens (tertiary/aromatic N) is 3. The van der Waals surface area contributed by atoms with Crippen molar-refractivity contribution in [2.45, 2.75) is 51.8 Å². The monoisotopic (exact) mass is 521 g/mol. The van der Waals surface area contributed by atoms with Crippen LogP contribution in [-0.4, -0.2) is 44.2 Å². The molecule has 11 heteroatoms. The van der Waals surface area contributed by atoms with E-state index in [1.807, 2.05) is 0 Å². The molecule has 0 aliphatic carbocycles. The lowest BCUT2D eigenvalue weighted by Gasteiger charge is -2.29. The number of aliphatic hydroxyl groups excluding tert-OH is 1. The van der Waals surface area contributed by atoms with Crippen molar-refractivity contribution in [3.63, 3.8) is 0 Å². The number of allylic oxidation sites excluding steroid dienone is 1. The Morgan fingerprint density at radius 3 is 2.50 bits per heavy atom. The summed E-state index contributed by atoms with van der Waals surface area (Å²) in [7, 11) is 0. The summed E-state index contributed by atoms with van der Waals surface area (Å²) < 4.78 is 41.7. The van der Waals surface area contributed by atoms with Crippen LogP contribution in [0.25, 0.3) is 10.2 Å². The van der Waals surface area contributed by atoms with E-state index in [-0.39, 0.29) is 42.1 Å². The fraction of sp³-hybridized carbons (Fsp3) is 0.400. The lowest BCUT2D eigenvalue weighted by Crippen LogP contribution is -2.40. The van der Waals surface area contributed by atoms with Gasteiger partial charge in [0.15, 0.2) is 0 Å². The van der Waals surface area contributed by atoms with E-state index in [9.17, 15) is 32.7 Å². The van der Waals surface area contributed by atoms with Crippen molar-refractivity contribution >= 4 is 27.5 Å². The molecule has 4 rings (SSSR count). The van der Waals surface area contributed by atoms with Gasteiger partial charge in [0.25, 0.3) is 17.5 Å². The van der Waals surface area contributed by atoms with Crippen molar-refractivity contribution in [3.8, 4) is 0 Å². The lowest BCUT2D eigenvalue weighted by molar-refractivity contribution is 0.0550. The number of benzene rings is 1. The predicted molar refractivity (Wildman–Crippen MR) is 131 cm³/mol. The molecule has 3 aromatic rings. The first-order valence-electron chi connectivity index (χ1n) is 11.7. The zero-order valence-corrected chi connectivity index (χ0v) is 20.5. The van der Waals surface area contributed by atoms with Crippen molar-refractivity contribution in [2.24, 2.45) is 0 Å². The van der Waals surface area contributed by atoms with Crippen LogP contribution in [0.2, 0.25) is 0 Å². The molecule has 0 atom stereocenters. The number of amides is 1. The van der Waals surface area contributed by atoms with Crippen molar-refractivity contribution in [1.29, 1.82) is 0 Å². The van der Waals surface area contributed by atoms with Crippen molar-refractivity contribution < 1.29 is 23.1 Å². The smallest absolute Gasteiger partial charge is 0.332 e. The number of piperidine rings is 1. The minimum Gasteiger partial charge on any atom is -0.393 e. The van der Waals surface area contributed by atoms with Gasteiger partial charge < -0.3 is 10.0 Å². The first-order chi connectivity index (χ1) is 17.2. The molecule has 0 bridgehead atoms. The number of halogens is 3. The fourth-order valence-electron chi connectivity index (χ4n) is 4.44. The number of carbonyl (C=O) groups excluding carboxylic acids is 1. The van der Waals surface area contributed by atoms with Crippen LogP contribution in [0.4, 0.5) is 13.2 Å². The maximum Gasteiger partial charge on any atom is 0.332 e. The molecule has 36 heavy (non-hydrogen) atoms. The number of rotatable bonds is 7. The quantitative estimate of drug-likeness (QED) is 0.514. The maximum absolute atomic E-state index is 14.1. The highest BCUT2D eigenvalue weighted by Gasteiger charge is 2.28. The zero-order valence-electron chi connectivity index (χ0n) is 19.7. The molecule has 0 radical (unpaired) electrons. The Morgan fingerprint density at radius 1 is 1.14 bits per heavy atom. The summed E-state index contributed by atoms with van der Waals surface area (Å²) in [5.41, 5.74) is -0.547. The number of hydrogen-bond donors (Lipinski definition) is 1. The summed E-state index contributed by atoms with van der Waals surface area (Å²) in [4.78, 5) is 42.2. The maximum atomic E-state index is 14.1. The van der Waals surface area contributed by atoms with Crippen LogP contribution < -0.4 is 11.2 Å². The molecular formula is C25H26F3N3O4S. The van der Waals surface area contributed by atoms with E-state index < -0.39 is 29.3 Å². The van der Waals surface area contributed by atoms with Crippen LogP contribution in [0.3, 0.4) is 0 Å². The van der Waals surface area contributed by atoms with E-state index in [0.717, 1.165) is 15.9 Å². The molecule has 1 fully saturated rings. The third-order valence-corrected chi connectivity index (χ3v) is 7.76. The summed E-state index contributed by atoms with van der Waals surface area (Å²) in [6.07, 6.45) is -0.816. The lowest BCUT2D eigenvalue weighted by atomic mass is 10.1. The Labute approximate surface area is 208 Å². The van der Waals surface area contributed by atoms with Gasteiger partial charge in [0.1, 0.15) is 10.6 Å². The van der Waals surface area contributed by atoms with Gasteiger partial charge in [-0.1, -0.05) is 18.2 Å². The summed E-state index contributed by atoms with van der Waals surface area (Å²) >= 11 is 0.994. The molecule has 1 saturated heterocycles. The number of carbonyl (C=O) groups is 1. The average molecular weight is 522 g/mol. The number of thiophene rings is 1. The molecular weight excluding hydrogens is 495 g/mol. The molecule has 0 spiro atoms. The van der Waals surface area contributed by atoms with Crippen LogP contribution in [0.5, 0.6) is 0 Å². The molecule has 0 unspecified atom stereocenters. The Hall–Kier alpha value is -3.18. The van der Waals surface area contributed by atoms with E-state index in [4.69, 9.17) is 0 Å². The van der Waals surface area contributed by atoms with Gasteiger partial charge in [0.05, 0.1) is 16.4 Å². The number of likely N-dealkylation sites (tertiary alicyclic amines) is 1. The topological polar surface area (TPSA) is 84.5 Å². The minimum atomic E-state index is -1.88. The molecule has 3 heterocycles. The second-order valence-electron chi connectivity index (χ2n) is 8.77. The third kappa shape index (κ3) is 5.17. The van der Waals surface area contributed by atoms with Gasteiger partial charge in [0.2, 0.25) is 0 Å². The van der Waals surface area contributed by atoms with E-state index >= 15 is 0 Å². The number of aromatic nitrogens is 2. The van der Waals surface area contributed by atoms with Gasteiger partial charge in [-0.25, -0.2) is 9.18 Å². The summed E-state index contributed by atoms with van der Waals surface area (Å²) in [5, 5.41) is 9.93. The fourth-order valence-corrected chi connectivity index (χ4v) is 5.73.